The van der Waals surface area contributed by atoms with Gasteiger partial charge in [0.05, 0.1) is 11.4 Å². The zero-order valence-electron chi connectivity index (χ0n) is 11.9. The standard InChI is InChI=1S/C16H14N4O2/c1-11-7-9-12(10-8-11)17-18-14-15(21)19-20(16(14)22)13-5-3-2-4-6-13/h2-10,14H,1H3,(H,19,21). The molecule has 1 fully saturated rings. The minimum absolute atomic E-state index is 0.438. The molecule has 6 nitrogen and oxygen atoms in total. The quantitative estimate of drug-likeness (QED) is 0.697. The monoisotopic (exact) mass is 294 g/mol. The van der Waals surface area contributed by atoms with Gasteiger partial charge in [-0.3, -0.25) is 15.0 Å². The number of amides is 2. The van der Waals surface area contributed by atoms with Crippen molar-refractivity contribution in [2.75, 3.05) is 5.01 Å². The zero-order chi connectivity index (χ0) is 15.5. The van der Waals surface area contributed by atoms with Crippen LogP contribution >= 0.6 is 0 Å². The third-order valence-electron chi connectivity index (χ3n) is 3.26. The highest BCUT2D eigenvalue weighted by Gasteiger charge is 2.40. The molecule has 0 radical (unpaired) electrons. The largest absolute Gasteiger partial charge is 0.282 e. The van der Waals surface area contributed by atoms with Gasteiger partial charge in [-0.25, -0.2) is 5.01 Å². The lowest BCUT2D eigenvalue weighted by molar-refractivity contribution is -0.123. The number of benzene rings is 2. The maximum atomic E-state index is 12.3. The van der Waals surface area contributed by atoms with E-state index in [4.69, 9.17) is 0 Å². The number of para-hydroxylation sites is 1. The molecule has 0 aliphatic carbocycles. The van der Waals surface area contributed by atoms with Crippen molar-refractivity contribution in [3.8, 4) is 0 Å². The van der Waals surface area contributed by atoms with Gasteiger partial charge < -0.3 is 0 Å². The maximum Gasteiger partial charge on any atom is 0.282 e. The van der Waals surface area contributed by atoms with Crippen molar-refractivity contribution in [2.24, 2.45) is 10.2 Å². The number of nitrogens with zero attached hydrogens (tertiary/aromatic N) is 3. The highest BCUT2D eigenvalue weighted by Crippen LogP contribution is 2.20. The summed E-state index contributed by atoms with van der Waals surface area (Å²) in [6.07, 6.45) is 0. The van der Waals surface area contributed by atoms with Gasteiger partial charge in [0, 0.05) is 0 Å². The summed E-state index contributed by atoms with van der Waals surface area (Å²) in [5, 5.41) is 9.05. The topological polar surface area (TPSA) is 74.1 Å². The van der Waals surface area contributed by atoms with Crippen LogP contribution in [0.3, 0.4) is 0 Å². The molecule has 0 bridgehead atoms. The maximum absolute atomic E-state index is 12.3. The molecule has 2 aromatic carbocycles. The van der Waals surface area contributed by atoms with Gasteiger partial charge in [0.2, 0.25) is 6.04 Å². The summed E-state index contributed by atoms with van der Waals surface area (Å²) in [7, 11) is 0. The zero-order valence-corrected chi connectivity index (χ0v) is 11.9. The number of anilines is 1. The third-order valence-corrected chi connectivity index (χ3v) is 3.26. The number of hydrazine groups is 1. The van der Waals surface area contributed by atoms with Crippen molar-refractivity contribution < 1.29 is 9.59 Å². The normalized spacial score (nSPS) is 18.0. The Morgan fingerprint density at radius 2 is 1.68 bits per heavy atom. The summed E-state index contributed by atoms with van der Waals surface area (Å²) in [6.45, 7) is 1.96. The first-order valence-corrected chi connectivity index (χ1v) is 6.82. The Bertz CT molecular complexity index is 726. The summed E-state index contributed by atoms with van der Waals surface area (Å²) in [6, 6.07) is 15.1. The third kappa shape index (κ3) is 2.71. The van der Waals surface area contributed by atoms with Crippen LogP contribution in [0.2, 0.25) is 0 Å². The first kappa shape index (κ1) is 13.9. The number of rotatable bonds is 3. The van der Waals surface area contributed by atoms with Gasteiger partial charge in [-0.1, -0.05) is 35.9 Å². The molecular formula is C16H14N4O2. The Hall–Kier alpha value is -3.02. The van der Waals surface area contributed by atoms with E-state index in [1.807, 2.05) is 25.1 Å². The van der Waals surface area contributed by atoms with Crippen LogP contribution in [0.4, 0.5) is 11.4 Å². The van der Waals surface area contributed by atoms with E-state index in [0.29, 0.717) is 11.4 Å². The molecule has 6 heteroatoms. The van der Waals surface area contributed by atoms with Gasteiger partial charge in [-0.2, -0.15) is 10.2 Å². The molecular weight excluding hydrogens is 280 g/mol. The number of carbonyl (C=O) groups is 2. The summed E-state index contributed by atoms with van der Waals surface area (Å²) < 4.78 is 0. The summed E-state index contributed by atoms with van der Waals surface area (Å²) in [4.78, 5) is 24.2. The van der Waals surface area contributed by atoms with Crippen LogP contribution < -0.4 is 10.4 Å². The lowest BCUT2D eigenvalue weighted by Gasteiger charge is -2.14. The van der Waals surface area contributed by atoms with Crippen LogP contribution in [0.5, 0.6) is 0 Å². The van der Waals surface area contributed by atoms with E-state index >= 15 is 0 Å². The average molecular weight is 294 g/mol. The number of nitrogens with one attached hydrogen (secondary N) is 1. The Balaban J connectivity index is 1.79. The molecule has 1 aliphatic heterocycles. The number of carbonyl (C=O) groups excluding carboxylic acids is 2. The molecule has 1 N–H and O–H groups in total. The van der Waals surface area contributed by atoms with Crippen molar-refractivity contribution in [1.29, 1.82) is 0 Å². The SMILES string of the molecule is Cc1ccc(N=NC2C(=O)NN(c3ccccc3)C2=O)cc1. The van der Waals surface area contributed by atoms with Gasteiger partial charge in [-0.15, -0.1) is 0 Å². The Labute approximate surface area is 127 Å². The fourth-order valence-corrected chi connectivity index (χ4v) is 2.07. The van der Waals surface area contributed by atoms with Crippen molar-refractivity contribution >= 4 is 23.2 Å². The van der Waals surface area contributed by atoms with Gasteiger partial charge >= 0.3 is 0 Å². The highest BCUT2D eigenvalue weighted by molar-refractivity contribution is 6.17. The minimum Gasteiger partial charge on any atom is -0.270 e. The minimum atomic E-state index is -1.15. The molecule has 22 heavy (non-hydrogen) atoms. The molecule has 1 heterocycles. The van der Waals surface area contributed by atoms with Gasteiger partial charge in [0.15, 0.2) is 0 Å². The van der Waals surface area contributed by atoms with E-state index in [-0.39, 0.29) is 0 Å². The van der Waals surface area contributed by atoms with Crippen molar-refractivity contribution in [3.63, 3.8) is 0 Å². The first-order valence-electron chi connectivity index (χ1n) is 6.82. The lowest BCUT2D eigenvalue weighted by atomic mass is 10.2. The second kappa shape index (κ2) is 5.77. The first-order chi connectivity index (χ1) is 10.6. The van der Waals surface area contributed by atoms with Crippen LogP contribution in [0, 0.1) is 6.92 Å². The number of hydrogen-bond acceptors (Lipinski definition) is 4. The molecule has 2 amide bonds. The Kier molecular flexibility index (Phi) is 3.65. The molecule has 1 unspecified atom stereocenters. The summed E-state index contributed by atoms with van der Waals surface area (Å²) >= 11 is 0. The number of hydrogen-bond donors (Lipinski definition) is 1. The number of aryl methyl sites for hydroxylation is 1. The Morgan fingerprint density at radius 3 is 2.36 bits per heavy atom. The average Bonchev–Trinajstić information content (AvgIpc) is 2.82. The van der Waals surface area contributed by atoms with Crippen LogP contribution in [0.15, 0.2) is 64.8 Å². The van der Waals surface area contributed by atoms with E-state index in [2.05, 4.69) is 15.7 Å². The molecule has 1 aliphatic rings. The summed E-state index contributed by atoms with van der Waals surface area (Å²) in [5.41, 5.74) is 4.80. The van der Waals surface area contributed by atoms with Crippen molar-refractivity contribution in [3.05, 3.63) is 60.2 Å². The van der Waals surface area contributed by atoms with Gasteiger partial charge in [-0.05, 0) is 31.2 Å². The molecule has 0 saturated carbocycles. The lowest BCUT2D eigenvalue weighted by Crippen LogP contribution is -2.35. The van der Waals surface area contributed by atoms with Crippen molar-refractivity contribution in [2.45, 2.75) is 13.0 Å². The Morgan fingerprint density at radius 1 is 1.00 bits per heavy atom. The number of azo groups is 1. The predicted octanol–water partition coefficient (Wildman–Crippen LogP) is 2.53. The molecule has 0 aromatic heterocycles. The fourth-order valence-electron chi connectivity index (χ4n) is 2.07. The smallest absolute Gasteiger partial charge is 0.270 e. The molecule has 1 atom stereocenters. The van der Waals surface area contributed by atoms with E-state index in [1.54, 1.807) is 36.4 Å². The van der Waals surface area contributed by atoms with Gasteiger partial charge in [0.1, 0.15) is 0 Å². The molecule has 110 valence electrons. The second-order valence-corrected chi connectivity index (χ2v) is 4.94. The summed E-state index contributed by atoms with van der Waals surface area (Å²) in [5.74, 6) is -0.920. The van der Waals surface area contributed by atoms with E-state index in [9.17, 15) is 9.59 Å². The highest BCUT2D eigenvalue weighted by atomic mass is 16.2. The van der Waals surface area contributed by atoms with E-state index < -0.39 is 17.9 Å². The molecule has 3 rings (SSSR count). The van der Waals surface area contributed by atoms with E-state index in [1.165, 1.54) is 5.01 Å². The van der Waals surface area contributed by atoms with Crippen LogP contribution in [-0.4, -0.2) is 17.9 Å². The molecule has 0 spiro atoms. The van der Waals surface area contributed by atoms with Gasteiger partial charge in [0.25, 0.3) is 11.8 Å². The van der Waals surface area contributed by atoms with Crippen LogP contribution in [0.1, 0.15) is 5.56 Å². The predicted molar refractivity (Wildman–Crippen MR) is 81.6 cm³/mol. The van der Waals surface area contributed by atoms with Crippen molar-refractivity contribution in [1.82, 2.24) is 5.43 Å². The van der Waals surface area contributed by atoms with Crippen LogP contribution in [-0.2, 0) is 9.59 Å². The van der Waals surface area contributed by atoms with Crippen LogP contribution in [0.25, 0.3) is 0 Å². The fraction of sp³-hybridized carbons (Fsp3) is 0.125. The second-order valence-electron chi connectivity index (χ2n) is 4.94. The molecule has 1 saturated heterocycles. The molecule has 2 aromatic rings. The van der Waals surface area contributed by atoms with E-state index in [0.717, 1.165) is 5.56 Å².